The van der Waals surface area contributed by atoms with Crippen LogP contribution in [0.1, 0.15) is 30.9 Å². The molecule has 0 radical (unpaired) electrons. The van der Waals surface area contributed by atoms with E-state index in [2.05, 4.69) is 0 Å². The zero-order chi connectivity index (χ0) is 10.3. The van der Waals surface area contributed by atoms with Gasteiger partial charge in [0.2, 0.25) is 0 Å². The Kier molecular flexibility index (Phi) is 2.04. The van der Waals surface area contributed by atoms with Gasteiger partial charge in [-0.15, -0.1) is 0 Å². The van der Waals surface area contributed by atoms with Crippen LogP contribution in [0.4, 0.5) is 0 Å². The minimum Gasteiger partial charge on any atom is -0.508 e. The van der Waals surface area contributed by atoms with Crippen molar-refractivity contribution < 1.29 is 10.2 Å². The lowest BCUT2D eigenvalue weighted by Gasteiger charge is -2.20. The average molecular weight is 192 g/mol. The standard InChI is InChI=1S/C12H16O2/c1-8-3-4-11(14)10(7-8)12(5-6-12)9(2)13/h3-4,7,9,13-14H,5-6H2,1-2H3. The lowest BCUT2D eigenvalue weighted by Crippen LogP contribution is -2.22. The van der Waals surface area contributed by atoms with Gasteiger partial charge in [-0.25, -0.2) is 0 Å². The highest BCUT2D eigenvalue weighted by Gasteiger charge is 2.49. The maximum absolute atomic E-state index is 9.75. The van der Waals surface area contributed by atoms with Gasteiger partial charge in [0, 0.05) is 11.0 Å². The molecule has 0 spiro atoms. The molecule has 0 aromatic heterocycles. The van der Waals surface area contributed by atoms with Crippen LogP contribution in [0, 0.1) is 6.92 Å². The van der Waals surface area contributed by atoms with Crippen molar-refractivity contribution in [3.8, 4) is 5.75 Å². The van der Waals surface area contributed by atoms with Crippen molar-refractivity contribution in [3.63, 3.8) is 0 Å². The summed E-state index contributed by atoms with van der Waals surface area (Å²) in [5.41, 5.74) is 1.87. The smallest absolute Gasteiger partial charge is 0.119 e. The largest absolute Gasteiger partial charge is 0.508 e. The summed E-state index contributed by atoms with van der Waals surface area (Å²) in [4.78, 5) is 0. The van der Waals surface area contributed by atoms with Gasteiger partial charge in [0.05, 0.1) is 6.10 Å². The molecule has 0 amide bonds. The number of hydrogen-bond donors (Lipinski definition) is 2. The van der Waals surface area contributed by atoms with Gasteiger partial charge in [-0.05, 0) is 32.8 Å². The molecule has 1 unspecified atom stereocenters. The summed E-state index contributed by atoms with van der Waals surface area (Å²) in [6.07, 6.45) is 1.57. The van der Waals surface area contributed by atoms with Crippen LogP contribution >= 0.6 is 0 Å². The normalized spacial score (nSPS) is 20.5. The highest BCUT2D eigenvalue weighted by Crippen LogP contribution is 2.53. The van der Waals surface area contributed by atoms with Crippen molar-refractivity contribution >= 4 is 0 Å². The number of aliphatic hydroxyl groups is 1. The van der Waals surface area contributed by atoms with E-state index in [0.717, 1.165) is 24.0 Å². The maximum atomic E-state index is 9.75. The molecule has 0 bridgehead atoms. The van der Waals surface area contributed by atoms with Crippen LogP contribution in [0.2, 0.25) is 0 Å². The molecule has 1 saturated carbocycles. The SMILES string of the molecule is Cc1ccc(O)c(C2(C(C)O)CC2)c1. The van der Waals surface area contributed by atoms with Crippen LogP contribution in [-0.4, -0.2) is 16.3 Å². The first-order valence-electron chi connectivity index (χ1n) is 5.04. The molecule has 1 aromatic carbocycles. The van der Waals surface area contributed by atoms with Gasteiger partial charge in [0.15, 0.2) is 0 Å². The molecule has 0 aliphatic heterocycles. The summed E-state index contributed by atoms with van der Waals surface area (Å²) in [6.45, 7) is 3.80. The van der Waals surface area contributed by atoms with Crippen molar-refractivity contribution in [1.29, 1.82) is 0 Å². The minimum atomic E-state index is -0.379. The zero-order valence-electron chi connectivity index (χ0n) is 8.62. The quantitative estimate of drug-likeness (QED) is 0.753. The molecular weight excluding hydrogens is 176 g/mol. The van der Waals surface area contributed by atoms with E-state index in [4.69, 9.17) is 0 Å². The average Bonchev–Trinajstić information content (AvgIpc) is 2.90. The number of rotatable bonds is 2. The molecule has 1 fully saturated rings. The van der Waals surface area contributed by atoms with Crippen molar-refractivity contribution in [2.24, 2.45) is 0 Å². The third-order valence-electron chi connectivity index (χ3n) is 3.28. The fourth-order valence-electron chi connectivity index (χ4n) is 2.10. The van der Waals surface area contributed by atoms with Crippen LogP contribution in [0.15, 0.2) is 18.2 Å². The van der Waals surface area contributed by atoms with Crippen LogP contribution in [0.3, 0.4) is 0 Å². The monoisotopic (exact) mass is 192 g/mol. The number of phenolic OH excluding ortho intramolecular Hbond substituents is 1. The molecule has 0 saturated heterocycles. The molecule has 76 valence electrons. The van der Waals surface area contributed by atoms with Crippen LogP contribution < -0.4 is 0 Å². The van der Waals surface area contributed by atoms with E-state index in [1.165, 1.54) is 0 Å². The first-order chi connectivity index (χ1) is 6.56. The molecule has 1 aromatic rings. The van der Waals surface area contributed by atoms with Crippen molar-refractivity contribution in [1.82, 2.24) is 0 Å². The van der Waals surface area contributed by atoms with E-state index in [9.17, 15) is 10.2 Å². The third-order valence-corrected chi connectivity index (χ3v) is 3.28. The zero-order valence-corrected chi connectivity index (χ0v) is 8.62. The molecule has 1 atom stereocenters. The molecule has 2 N–H and O–H groups in total. The predicted molar refractivity (Wildman–Crippen MR) is 55.4 cm³/mol. The third kappa shape index (κ3) is 1.30. The number of aromatic hydroxyl groups is 1. The molecule has 2 heteroatoms. The van der Waals surface area contributed by atoms with Crippen LogP contribution in [0.25, 0.3) is 0 Å². The Hall–Kier alpha value is -1.02. The second-order valence-corrected chi connectivity index (χ2v) is 4.35. The van der Waals surface area contributed by atoms with Crippen molar-refractivity contribution in [2.45, 2.75) is 38.2 Å². The van der Waals surface area contributed by atoms with Crippen molar-refractivity contribution in [2.75, 3.05) is 0 Å². The molecular formula is C12H16O2. The summed E-state index contributed by atoms with van der Waals surface area (Å²) in [7, 11) is 0. The van der Waals surface area contributed by atoms with Gasteiger partial charge in [-0.1, -0.05) is 17.7 Å². The Balaban J connectivity index is 2.46. The summed E-state index contributed by atoms with van der Waals surface area (Å²) in [5.74, 6) is 0.314. The van der Waals surface area contributed by atoms with E-state index in [-0.39, 0.29) is 11.5 Å². The molecule has 0 heterocycles. The molecule has 2 nitrogen and oxygen atoms in total. The number of aryl methyl sites for hydroxylation is 1. The van der Waals surface area contributed by atoms with E-state index < -0.39 is 0 Å². The topological polar surface area (TPSA) is 40.5 Å². The number of benzene rings is 1. The van der Waals surface area contributed by atoms with E-state index in [1.54, 1.807) is 13.0 Å². The lowest BCUT2D eigenvalue weighted by molar-refractivity contribution is 0.149. The summed E-state index contributed by atoms with van der Waals surface area (Å²) < 4.78 is 0. The first kappa shape index (κ1) is 9.53. The lowest BCUT2D eigenvalue weighted by atomic mass is 9.89. The summed E-state index contributed by atoms with van der Waals surface area (Å²) >= 11 is 0. The Bertz CT molecular complexity index is 351. The van der Waals surface area contributed by atoms with Gasteiger partial charge in [-0.2, -0.15) is 0 Å². The molecule has 1 aliphatic rings. The first-order valence-corrected chi connectivity index (χ1v) is 5.04. The Morgan fingerprint density at radius 1 is 1.36 bits per heavy atom. The van der Waals surface area contributed by atoms with Gasteiger partial charge < -0.3 is 10.2 Å². The van der Waals surface area contributed by atoms with Crippen LogP contribution in [0.5, 0.6) is 5.75 Å². The Morgan fingerprint density at radius 2 is 2.00 bits per heavy atom. The fourth-order valence-corrected chi connectivity index (χ4v) is 2.10. The van der Waals surface area contributed by atoms with Gasteiger partial charge in [0.1, 0.15) is 5.75 Å². The van der Waals surface area contributed by atoms with Crippen molar-refractivity contribution in [3.05, 3.63) is 29.3 Å². The molecule has 1 aliphatic carbocycles. The summed E-state index contributed by atoms with van der Waals surface area (Å²) in [5, 5.41) is 19.4. The van der Waals surface area contributed by atoms with Crippen LogP contribution in [-0.2, 0) is 5.41 Å². The Morgan fingerprint density at radius 3 is 2.50 bits per heavy atom. The number of phenols is 1. The van der Waals surface area contributed by atoms with E-state index in [1.807, 2.05) is 19.1 Å². The van der Waals surface area contributed by atoms with Gasteiger partial charge in [-0.3, -0.25) is 0 Å². The Labute approximate surface area is 84.2 Å². The predicted octanol–water partition coefficient (Wildman–Crippen LogP) is 2.11. The molecule has 14 heavy (non-hydrogen) atoms. The minimum absolute atomic E-state index is 0.171. The highest BCUT2D eigenvalue weighted by molar-refractivity contribution is 5.45. The maximum Gasteiger partial charge on any atom is 0.119 e. The fraction of sp³-hybridized carbons (Fsp3) is 0.500. The second kappa shape index (κ2) is 2.99. The van der Waals surface area contributed by atoms with E-state index >= 15 is 0 Å². The number of hydrogen-bond acceptors (Lipinski definition) is 2. The second-order valence-electron chi connectivity index (χ2n) is 4.35. The van der Waals surface area contributed by atoms with Gasteiger partial charge in [0.25, 0.3) is 0 Å². The number of aliphatic hydroxyl groups excluding tert-OH is 1. The highest BCUT2D eigenvalue weighted by atomic mass is 16.3. The van der Waals surface area contributed by atoms with E-state index in [0.29, 0.717) is 5.75 Å². The molecule has 2 rings (SSSR count). The summed E-state index contributed by atoms with van der Waals surface area (Å²) in [6, 6.07) is 5.58. The van der Waals surface area contributed by atoms with Gasteiger partial charge >= 0.3 is 0 Å².